The number of nitrogens with zero attached hydrogens (tertiary/aromatic N) is 2. The Hall–Kier alpha value is -0.700. The van der Waals surface area contributed by atoms with Gasteiger partial charge in [-0.2, -0.15) is 9.65 Å². The van der Waals surface area contributed by atoms with Gasteiger partial charge in [0.05, 0.1) is 5.56 Å². The van der Waals surface area contributed by atoms with Crippen LogP contribution in [-0.2, 0) is 0 Å². The van der Waals surface area contributed by atoms with Crippen LogP contribution in [0.25, 0.3) is 0 Å². The lowest BCUT2D eigenvalue weighted by molar-refractivity contribution is 0.582. The Kier molecular flexibility index (Phi) is 2.17. The maximum atomic E-state index is 12.3. The van der Waals surface area contributed by atoms with Gasteiger partial charge < -0.3 is 0 Å². The van der Waals surface area contributed by atoms with E-state index in [1.807, 2.05) is 28.7 Å². The van der Waals surface area contributed by atoms with Crippen molar-refractivity contribution in [2.45, 2.75) is 0 Å². The van der Waals surface area contributed by atoms with Gasteiger partial charge in [0.2, 0.25) is 5.95 Å². The molecule has 0 amide bonds. The van der Waals surface area contributed by atoms with Crippen molar-refractivity contribution in [1.82, 2.24) is 4.98 Å². The van der Waals surface area contributed by atoms with E-state index >= 15 is 0 Å². The first-order valence-corrected chi connectivity index (χ1v) is 3.53. The zero-order chi connectivity index (χ0) is 7.56. The molecule has 0 aliphatic carbocycles. The molecule has 0 fully saturated rings. The molecule has 0 aromatic carbocycles. The van der Waals surface area contributed by atoms with Gasteiger partial charge >= 0.3 is 0 Å². The third-order valence-electron chi connectivity index (χ3n) is 0.941. The zero-order valence-electron chi connectivity index (χ0n) is 4.81. The lowest BCUT2D eigenvalue weighted by atomic mass is 10.3. The highest BCUT2D eigenvalue weighted by molar-refractivity contribution is 14.1. The molecule has 1 rings (SSSR count). The third kappa shape index (κ3) is 1.42. The second kappa shape index (κ2) is 2.92. The molecular weight excluding hydrogens is 246 g/mol. The molecule has 4 heteroatoms. The van der Waals surface area contributed by atoms with Gasteiger partial charge in [-0.05, 0) is 22.6 Å². The molecule has 0 saturated carbocycles. The molecule has 0 aliphatic heterocycles. The summed E-state index contributed by atoms with van der Waals surface area (Å²) in [7, 11) is 0. The molecule has 1 aromatic rings. The van der Waals surface area contributed by atoms with Crippen molar-refractivity contribution >= 4 is 22.6 Å². The summed E-state index contributed by atoms with van der Waals surface area (Å²) in [5.74, 6) is -0.552. The van der Waals surface area contributed by atoms with Crippen molar-refractivity contribution < 1.29 is 4.39 Å². The highest BCUT2D eigenvalue weighted by Gasteiger charge is 1.99. The molecule has 10 heavy (non-hydrogen) atoms. The highest BCUT2D eigenvalue weighted by atomic mass is 127. The first-order valence-electron chi connectivity index (χ1n) is 2.45. The number of hydrogen-bond acceptors (Lipinski definition) is 2. The predicted octanol–water partition coefficient (Wildman–Crippen LogP) is 1.70. The predicted molar refractivity (Wildman–Crippen MR) is 41.6 cm³/mol. The first kappa shape index (κ1) is 7.41. The number of pyridine rings is 1. The lowest BCUT2D eigenvalue weighted by Crippen LogP contribution is -1.87. The molecule has 0 atom stereocenters. The molecule has 0 bridgehead atoms. The van der Waals surface area contributed by atoms with Crippen LogP contribution in [0, 0.1) is 20.8 Å². The summed E-state index contributed by atoms with van der Waals surface area (Å²) in [6, 6.07) is 3.11. The zero-order valence-corrected chi connectivity index (χ0v) is 6.96. The van der Waals surface area contributed by atoms with E-state index in [0.717, 1.165) is 0 Å². The van der Waals surface area contributed by atoms with Gasteiger partial charge in [0, 0.05) is 15.8 Å². The van der Waals surface area contributed by atoms with Crippen molar-refractivity contribution in [2.24, 2.45) is 0 Å². The second-order valence-corrected chi connectivity index (χ2v) is 2.76. The van der Waals surface area contributed by atoms with E-state index in [1.165, 1.54) is 12.3 Å². The van der Waals surface area contributed by atoms with Crippen LogP contribution in [0.1, 0.15) is 5.56 Å². The van der Waals surface area contributed by atoms with Crippen LogP contribution in [0.3, 0.4) is 0 Å². The van der Waals surface area contributed by atoms with Gasteiger partial charge in [-0.15, -0.1) is 0 Å². The van der Waals surface area contributed by atoms with Crippen molar-refractivity contribution in [3.05, 3.63) is 27.3 Å². The lowest BCUT2D eigenvalue weighted by Gasteiger charge is -1.91. The van der Waals surface area contributed by atoms with E-state index in [-0.39, 0.29) is 0 Å². The van der Waals surface area contributed by atoms with E-state index in [1.54, 1.807) is 0 Å². The SMILES string of the molecule is N#Cc1cnc(F)cc1I. The fraction of sp³-hybridized carbons (Fsp3) is 0. The van der Waals surface area contributed by atoms with Gasteiger partial charge in [0.1, 0.15) is 6.07 Å². The molecule has 1 heterocycles. The quantitative estimate of drug-likeness (QED) is 0.517. The highest BCUT2D eigenvalue weighted by Crippen LogP contribution is 2.09. The van der Waals surface area contributed by atoms with Crippen LogP contribution in [-0.4, -0.2) is 4.98 Å². The minimum atomic E-state index is -0.552. The van der Waals surface area contributed by atoms with E-state index in [2.05, 4.69) is 4.98 Å². The van der Waals surface area contributed by atoms with Gasteiger partial charge in [-0.3, -0.25) is 0 Å². The molecule has 0 unspecified atom stereocenters. The molecule has 0 spiro atoms. The molecular formula is C6H2FIN2. The van der Waals surface area contributed by atoms with Crippen molar-refractivity contribution in [3.8, 4) is 6.07 Å². The van der Waals surface area contributed by atoms with Crippen LogP contribution in [0.5, 0.6) is 0 Å². The van der Waals surface area contributed by atoms with Crippen molar-refractivity contribution in [2.75, 3.05) is 0 Å². The largest absolute Gasteiger partial charge is 0.227 e. The standard InChI is InChI=1S/C6H2FIN2/c7-6-1-5(8)4(2-9)3-10-6/h1,3H. The van der Waals surface area contributed by atoms with Gasteiger partial charge in [0.15, 0.2) is 0 Å². The Morgan fingerprint density at radius 3 is 2.90 bits per heavy atom. The number of halogens is 2. The summed E-state index contributed by atoms with van der Waals surface area (Å²) in [5.41, 5.74) is 0.405. The average Bonchev–Trinajstić information content (AvgIpc) is 1.88. The number of nitriles is 1. The molecule has 0 aliphatic rings. The second-order valence-electron chi connectivity index (χ2n) is 1.60. The first-order chi connectivity index (χ1) is 4.74. The summed E-state index contributed by atoms with van der Waals surface area (Å²) < 4.78 is 12.8. The minimum absolute atomic E-state index is 0.405. The molecule has 0 saturated heterocycles. The molecule has 2 nitrogen and oxygen atoms in total. The van der Waals surface area contributed by atoms with Crippen LogP contribution < -0.4 is 0 Å². The van der Waals surface area contributed by atoms with Gasteiger partial charge in [-0.25, -0.2) is 4.98 Å². The van der Waals surface area contributed by atoms with Crippen LogP contribution in [0.4, 0.5) is 4.39 Å². The van der Waals surface area contributed by atoms with E-state index < -0.39 is 5.95 Å². The Bertz CT molecular complexity index is 292. The van der Waals surface area contributed by atoms with Crippen LogP contribution >= 0.6 is 22.6 Å². The number of hydrogen-bond donors (Lipinski definition) is 0. The maximum absolute atomic E-state index is 12.3. The van der Waals surface area contributed by atoms with Gasteiger partial charge in [0.25, 0.3) is 0 Å². The molecule has 0 N–H and O–H groups in total. The monoisotopic (exact) mass is 248 g/mol. The fourth-order valence-electron chi connectivity index (χ4n) is 0.490. The van der Waals surface area contributed by atoms with Crippen molar-refractivity contribution in [3.63, 3.8) is 0 Å². The Morgan fingerprint density at radius 1 is 1.70 bits per heavy atom. The average molecular weight is 248 g/mol. The molecule has 50 valence electrons. The summed E-state index contributed by atoms with van der Waals surface area (Å²) >= 11 is 1.88. The third-order valence-corrected chi connectivity index (χ3v) is 1.83. The molecule has 1 aromatic heterocycles. The Morgan fingerprint density at radius 2 is 2.40 bits per heavy atom. The normalized spacial score (nSPS) is 8.90. The topological polar surface area (TPSA) is 36.7 Å². The summed E-state index contributed by atoms with van der Waals surface area (Å²) in [6.45, 7) is 0. The molecule has 0 radical (unpaired) electrons. The maximum Gasteiger partial charge on any atom is 0.213 e. The van der Waals surface area contributed by atoms with E-state index in [4.69, 9.17) is 5.26 Å². The number of rotatable bonds is 0. The number of aromatic nitrogens is 1. The van der Waals surface area contributed by atoms with Gasteiger partial charge in [-0.1, -0.05) is 0 Å². The summed E-state index contributed by atoms with van der Waals surface area (Å²) in [5, 5.41) is 8.39. The van der Waals surface area contributed by atoms with Crippen molar-refractivity contribution in [1.29, 1.82) is 5.26 Å². The summed E-state index contributed by atoms with van der Waals surface area (Å²) in [6.07, 6.45) is 1.22. The summed E-state index contributed by atoms with van der Waals surface area (Å²) in [4.78, 5) is 3.32. The fourth-order valence-corrected chi connectivity index (χ4v) is 1.01. The minimum Gasteiger partial charge on any atom is -0.227 e. The van der Waals surface area contributed by atoms with Crippen LogP contribution in [0.15, 0.2) is 12.3 Å². The smallest absolute Gasteiger partial charge is 0.213 e. The van der Waals surface area contributed by atoms with Crippen LogP contribution in [0.2, 0.25) is 0 Å². The Balaban J connectivity index is 3.23. The van der Waals surface area contributed by atoms with E-state index in [0.29, 0.717) is 9.13 Å². The van der Waals surface area contributed by atoms with E-state index in [9.17, 15) is 4.39 Å². The Labute approximate surface area is 70.8 Å².